The van der Waals surface area contributed by atoms with E-state index in [1.165, 1.54) is 6.07 Å². The van der Waals surface area contributed by atoms with Gasteiger partial charge in [-0.2, -0.15) is 0 Å². The summed E-state index contributed by atoms with van der Waals surface area (Å²) in [4.78, 5) is 21.7. The number of halogens is 1. The van der Waals surface area contributed by atoms with E-state index in [1.807, 2.05) is 23.1 Å². The van der Waals surface area contributed by atoms with Gasteiger partial charge in [-0.15, -0.1) is 0 Å². The molecule has 2 fully saturated rings. The summed E-state index contributed by atoms with van der Waals surface area (Å²) in [5, 5.41) is 0. The molecule has 0 spiro atoms. The number of carbonyl (C=O) groups is 1. The number of likely N-dealkylation sites (tertiary alicyclic amines) is 1. The number of hydrogen-bond donors (Lipinski definition) is 0. The number of hydrogen-bond acceptors (Lipinski definition) is 5. The van der Waals surface area contributed by atoms with Crippen LogP contribution in [-0.4, -0.2) is 67.2 Å². The van der Waals surface area contributed by atoms with Crippen LogP contribution in [0.4, 0.5) is 4.39 Å². The molecule has 0 aliphatic carbocycles. The van der Waals surface area contributed by atoms with Crippen LogP contribution in [0.3, 0.4) is 0 Å². The highest BCUT2D eigenvalue weighted by atomic mass is 19.1. The Hall–Kier alpha value is -2.51. The van der Waals surface area contributed by atoms with Gasteiger partial charge in [-0.3, -0.25) is 9.69 Å². The number of carbonyl (C=O) groups excluding carboxylic acids is 1. The van der Waals surface area contributed by atoms with Crippen molar-refractivity contribution in [1.29, 1.82) is 0 Å². The molecule has 2 aliphatic heterocycles. The largest absolute Gasteiger partial charge is 0.481 e. The smallest absolute Gasteiger partial charge is 0.231 e. The minimum atomic E-state index is -0.616. The number of morpholine rings is 1. The minimum absolute atomic E-state index is 0.0958. The molecule has 29 heavy (non-hydrogen) atoms. The van der Waals surface area contributed by atoms with E-state index >= 15 is 0 Å². The summed E-state index contributed by atoms with van der Waals surface area (Å²) < 4.78 is 25.1. The lowest BCUT2D eigenvalue weighted by Gasteiger charge is -2.51. The molecule has 2 aromatic rings. The molecule has 1 aromatic heterocycles. The van der Waals surface area contributed by atoms with E-state index in [-0.39, 0.29) is 11.7 Å². The van der Waals surface area contributed by atoms with Gasteiger partial charge in [0.1, 0.15) is 5.82 Å². The van der Waals surface area contributed by atoms with Crippen LogP contribution >= 0.6 is 0 Å². The molecule has 0 N–H and O–H groups in total. The van der Waals surface area contributed by atoms with Crippen molar-refractivity contribution < 1.29 is 18.7 Å². The molecular formula is C22H26FN3O3. The van der Waals surface area contributed by atoms with Crippen LogP contribution in [-0.2, 0) is 22.5 Å². The predicted molar refractivity (Wildman–Crippen MR) is 106 cm³/mol. The van der Waals surface area contributed by atoms with Crippen LogP contribution in [0.15, 0.2) is 42.6 Å². The fourth-order valence-corrected chi connectivity index (χ4v) is 4.32. The van der Waals surface area contributed by atoms with Crippen LogP contribution < -0.4 is 4.74 Å². The molecule has 0 atom stereocenters. The number of aromatic nitrogens is 1. The van der Waals surface area contributed by atoms with Gasteiger partial charge in [0.25, 0.3) is 0 Å². The zero-order chi connectivity index (χ0) is 20.3. The van der Waals surface area contributed by atoms with Gasteiger partial charge in [-0.1, -0.05) is 24.3 Å². The van der Waals surface area contributed by atoms with Gasteiger partial charge in [0, 0.05) is 44.5 Å². The first-order valence-electron chi connectivity index (χ1n) is 9.92. The zero-order valence-electron chi connectivity index (χ0n) is 16.6. The Kier molecular flexibility index (Phi) is 5.78. The average Bonchev–Trinajstić information content (AvgIpc) is 2.74. The third-order valence-corrected chi connectivity index (χ3v) is 5.73. The summed E-state index contributed by atoms with van der Waals surface area (Å²) in [5.41, 5.74) is 0.954. The van der Waals surface area contributed by atoms with Crippen LogP contribution in [0.1, 0.15) is 11.1 Å². The number of methoxy groups -OCH3 is 1. The zero-order valence-corrected chi connectivity index (χ0v) is 16.6. The summed E-state index contributed by atoms with van der Waals surface area (Å²) in [6.45, 7) is 4.09. The molecule has 3 heterocycles. The van der Waals surface area contributed by atoms with Gasteiger partial charge in [0.15, 0.2) is 0 Å². The number of ether oxygens (including phenoxy) is 2. The van der Waals surface area contributed by atoms with Crippen molar-refractivity contribution in [2.24, 2.45) is 5.41 Å². The van der Waals surface area contributed by atoms with Gasteiger partial charge in [0.05, 0.1) is 25.7 Å². The quantitative estimate of drug-likeness (QED) is 0.745. The van der Waals surface area contributed by atoms with E-state index in [0.29, 0.717) is 63.8 Å². The Bertz CT molecular complexity index is 864. The second kappa shape index (κ2) is 8.47. The van der Waals surface area contributed by atoms with Crippen molar-refractivity contribution >= 4 is 5.91 Å². The molecule has 154 valence electrons. The summed E-state index contributed by atoms with van der Waals surface area (Å²) in [7, 11) is 1.60. The molecule has 0 unspecified atom stereocenters. The van der Waals surface area contributed by atoms with Gasteiger partial charge in [0.2, 0.25) is 11.8 Å². The fourth-order valence-electron chi connectivity index (χ4n) is 4.32. The number of benzene rings is 1. The first-order chi connectivity index (χ1) is 14.1. The maximum Gasteiger partial charge on any atom is 0.231 e. The monoisotopic (exact) mass is 399 g/mol. The van der Waals surface area contributed by atoms with Gasteiger partial charge in [-0.05, 0) is 24.1 Å². The Morgan fingerprint density at radius 3 is 2.62 bits per heavy atom. The maximum atomic E-state index is 14.3. The third kappa shape index (κ3) is 4.11. The van der Waals surface area contributed by atoms with Crippen LogP contribution in [0.25, 0.3) is 0 Å². The molecule has 6 nitrogen and oxygen atoms in total. The molecule has 1 aromatic carbocycles. The third-order valence-electron chi connectivity index (χ3n) is 5.73. The van der Waals surface area contributed by atoms with E-state index in [4.69, 9.17) is 9.47 Å². The van der Waals surface area contributed by atoms with Crippen LogP contribution in [0, 0.1) is 11.2 Å². The van der Waals surface area contributed by atoms with E-state index < -0.39 is 5.41 Å². The second-order valence-corrected chi connectivity index (χ2v) is 7.77. The SMILES string of the molecule is COc1ncccc1CN1CC(Cc2ccccc2F)(C(=O)N2CCOCC2)C1. The Morgan fingerprint density at radius 2 is 1.90 bits per heavy atom. The van der Waals surface area contributed by atoms with Crippen molar-refractivity contribution in [3.05, 3.63) is 59.5 Å². The van der Waals surface area contributed by atoms with Crippen LogP contribution in [0.5, 0.6) is 5.88 Å². The number of rotatable bonds is 6. The van der Waals surface area contributed by atoms with Gasteiger partial charge >= 0.3 is 0 Å². The molecular weight excluding hydrogens is 373 g/mol. The normalized spacial score (nSPS) is 18.9. The first kappa shape index (κ1) is 19.8. The summed E-state index contributed by atoms with van der Waals surface area (Å²) >= 11 is 0. The topological polar surface area (TPSA) is 54.9 Å². The molecule has 0 radical (unpaired) electrons. The molecule has 0 bridgehead atoms. The second-order valence-electron chi connectivity index (χ2n) is 7.77. The van der Waals surface area contributed by atoms with Gasteiger partial charge in [-0.25, -0.2) is 9.37 Å². The summed E-state index contributed by atoms with van der Waals surface area (Å²) in [5.74, 6) is 0.436. The van der Waals surface area contributed by atoms with E-state index in [9.17, 15) is 9.18 Å². The van der Waals surface area contributed by atoms with E-state index in [0.717, 1.165) is 5.56 Å². The number of pyridine rings is 1. The fraction of sp³-hybridized carbons (Fsp3) is 0.455. The number of amides is 1. The Labute approximate surface area is 170 Å². The van der Waals surface area contributed by atoms with Crippen molar-refractivity contribution in [2.45, 2.75) is 13.0 Å². The highest BCUT2D eigenvalue weighted by Crippen LogP contribution is 2.38. The minimum Gasteiger partial charge on any atom is -0.481 e. The van der Waals surface area contributed by atoms with Crippen molar-refractivity contribution in [2.75, 3.05) is 46.5 Å². The molecule has 2 saturated heterocycles. The predicted octanol–water partition coefficient (Wildman–Crippen LogP) is 2.13. The van der Waals surface area contributed by atoms with Gasteiger partial charge < -0.3 is 14.4 Å². The lowest BCUT2D eigenvalue weighted by molar-refractivity contribution is -0.158. The summed E-state index contributed by atoms with van der Waals surface area (Å²) in [6.07, 6.45) is 2.10. The van der Waals surface area contributed by atoms with Crippen molar-refractivity contribution in [1.82, 2.24) is 14.8 Å². The highest BCUT2D eigenvalue weighted by molar-refractivity contribution is 5.85. The summed E-state index contributed by atoms with van der Waals surface area (Å²) in [6, 6.07) is 10.6. The van der Waals surface area contributed by atoms with Crippen molar-refractivity contribution in [3.63, 3.8) is 0 Å². The lowest BCUT2D eigenvalue weighted by Crippen LogP contribution is -2.65. The molecule has 2 aliphatic rings. The number of nitrogens with zero attached hydrogens (tertiary/aromatic N) is 3. The highest BCUT2D eigenvalue weighted by Gasteiger charge is 2.51. The Morgan fingerprint density at radius 1 is 1.17 bits per heavy atom. The maximum absolute atomic E-state index is 14.3. The first-order valence-corrected chi connectivity index (χ1v) is 9.92. The Balaban J connectivity index is 1.52. The molecule has 4 rings (SSSR count). The van der Waals surface area contributed by atoms with E-state index in [2.05, 4.69) is 9.88 Å². The standard InChI is InChI=1S/C22H26FN3O3/c1-28-20-18(6-4-8-24-20)14-25-15-22(16-25,13-17-5-2-3-7-19(17)23)21(27)26-9-11-29-12-10-26/h2-8H,9-16H2,1H3. The molecule has 7 heteroatoms. The van der Waals surface area contributed by atoms with Crippen LogP contribution in [0.2, 0.25) is 0 Å². The van der Waals surface area contributed by atoms with Crippen molar-refractivity contribution in [3.8, 4) is 5.88 Å². The molecule has 1 amide bonds. The lowest BCUT2D eigenvalue weighted by atomic mass is 9.73. The average molecular weight is 399 g/mol. The van der Waals surface area contributed by atoms with E-state index in [1.54, 1.807) is 25.4 Å². The molecule has 0 saturated carbocycles.